The highest BCUT2D eigenvalue weighted by Crippen LogP contribution is 2.45. The van der Waals surface area contributed by atoms with E-state index >= 15 is 4.39 Å². The van der Waals surface area contributed by atoms with Crippen molar-refractivity contribution in [3.8, 4) is 39.5 Å². The summed E-state index contributed by atoms with van der Waals surface area (Å²) < 4.78 is 19.4. The maximum atomic E-state index is 15.1. The van der Waals surface area contributed by atoms with Crippen LogP contribution in [-0.2, 0) is 0 Å². The number of fused-ring (bicyclic) bond motifs is 5. The van der Waals surface area contributed by atoms with Crippen molar-refractivity contribution < 1.29 is 4.39 Å². The number of pyridine rings is 1. The average molecular weight is 580 g/mol. The second-order valence-corrected chi connectivity index (χ2v) is 11.4. The van der Waals surface area contributed by atoms with Crippen LogP contribution in [0.3, 0.4) is 0 Å². The van der Waals surface area contributed by atoms with Crippen LogP contribution >= 0.6 is 0 Å². The Labute approximate surface area is 259 Å². The zero-order chi connectivity index (χ0) is 29.9. The molecule has 0 radical (unpaired) electrons. The van der Waals surface area contributed by atoms with Gasteiger partial charge in [0.05, 0.1) is 22.4 Å². The SMILES string of the molecule is Fc1ccc2cc(-c3ccccc3)n3nc(-c4cc5ccccc5n4-c4ccccc4)c(-c4cccc5ccccc45)c3c2c1. The summed E-state index contributed by atoms with van der Waals surface area (Å²) in [5.74, 6) is -0.276. The molecule has 3 heterocycles. The van der Waals surface area contributed by atoms with Crippen LogP contribution in [0.5, 0.6) is 0 Å². The monoisotopic (exact) mass is 579 g/mol. The number of para-hydroxylation sites is 2. The summed E-state index contributed by atoms with van der Waals surface area (Å²) in [6.45, 7) is 0. The molecule has 0 spiro atoms. The first-order valence-electron chi connectivity index (χ1n) is 15.1. The lowest BCUT2D eigenvalue weighted by Crippen LogP contribution is -1.98. The maximum absolute atomic E-state index is 15.1. The third-order valence-corrected chi connectivity index (χ3v) is 8.77. The van der Waals surface area contributed by atoms with Crippen LogP contribution in [-0.4, -0.2) is 14.2 Å². The van der Waals surface area contributed by atoms with Crippen molar-refractivity contribution in [1.82, 2.24) is 14.2 Å². The minimum absolute atomic E-state index is 0.276. The first-order valence-corrected chi connectivity index (χ1v) is 15.1. The molecule has 6 aromatic carbocycles. The van der Waals surface area contributed by atoms with Crippen molar-refractivity contribution in [2.24, 2.45) is 0 Å². The molecule has 9 aromatic rings. The molecule has 3 aromatic heterocycles. The predicted molar refractivity (Wildman–Crippen MR) is 183 cm³/mol. The highest BCUT2D eigenvalue weighted by Gasteiger charge is 2.26. The van der Waals surface area contributed by atoms with Crippen LogP contribution in [0.15, 0.2) is 158 Å². The summed E-state index contributed by atoms with van der Waals surface area (Å²) in [5, 5.41) is 10.6. The summed E-state index contributed by atoms with van der Waals surface area (Å²) in [6, 6.07) is 53.4. The molecular weight excluding hydrogens is 553 g/mol. The van der Waals surface area contributed by atoms with E-state index < -0.39 is 0 Å². The fraction of sp³-hybridized carbons (Fsp3) is 0. The molecule has 0 aliphatic rings. The Kier molecular flexibility index (Phi) is 5.69. The van der Waals surface area contributed by atoms with Gasteiger partial charge in [-0.1, -0.05) is 115 Å². The van der Waals surface area contributed by atoms with Crippen LogP contribution in [0.2, 0.25) is 0 Å². The van der Waals surface area contributed by atoms with Gasteiger partial charge in [-0.05, 0) is 64.2 Å². The molecule has 0 unspecified atom stereocenters. The van der Waals surface area contributed by atoms with Crippen molar-refractivity contribution in [2.75, 3.05) is 0 Å². The van der Waals surface area contributed by atoms with Gasteiger partial charge in [-0.25, -0.2) is 8.91 Å². The van der Waals surface area contributed by atoms with Crippen molar-refractivity contribution >= 4 is 38.0 Å². The van der Waals surface area contributed by atoms with E-state index in [1.165, 1.54) is 6.07 Å². The number of benzene rings is 6. The van der Waals surface area contributed by atoms with E-state index in [4.69, 9.17) is 5.10 Å². The van der Waals surface area contributed by atoms with Gasteiger partial charge in [0.1, 0.15) is 11.5 Å². The molecule has 3 nitrogen and oxygen atoms in total. The highest BCUT2D eigenvalue weighted by atomic mass is 19.1. The van der Waals surface area contributed by atoms with E-state index in [2.05, 4.69) is 120 Å². The third kappa shape index (κ3) is 4.00. The Morgan fingerprint density at radius 1 is 0.511 bits per heavy atom. The molecule has 4 heteroatoms. The second kappa shape index (κ2) is 10.0. The molecule has 9 rings (SSSR count). The van der Waals surface area contributed by atoms with Crippen molar-refractivity contribution in [2.45, 2.75) is 0 Å². The summed E-state index contributed by atoms with van der Waals surface area (Å²) in [6.07, 6.45) is 0. The van der Waals surface area contributed by atoms with Crippen molar-refractivity contribution in [1.29, 1.82) is 0 Å². The minimum Gasteiger partial charge on any atom is -0.308 e. The van der Waals surface area contributed by atoms with Gasteiger partial charge >= 0.3 is 0 Å². The van der Waals surface area contributed by atoms with Crippen LogP contribution in [0, 0.1) is 5.82 Å². The van der Waals surface area contributed by atoms with Crippen LogP contribution in [0.25, 0.3) is 77.4 Å². The minimum atomic E-state index is -0.276. The van der Waals surface area contributed by atoms with Gasteiger partial charge in [-0.2, -0.15) is 5.10 Å². The van der Waals surface area contributed by atoms with E-state index in [1.54, 1.807) is 6.07 Å². The topological polar surface area (TPSA) is 22.2 Å². The lowest BCUT2D eigenvalue weighted by Gasteiger charge is -2.13. The van der Waals surface area contributed by atoms with E-state index in [0.29, 0.717) is 0 Å². The van der Waals surface area contributed by atoms with Gasteiger partial charge in [-0.3, -0.25) is 0 Å². The highest BCUT2D eigenvalue weighted by molar-refractivity contribution is 6.13. The van der Waals surface area contributed by atoms with Gasteiger partial charge in [0.15, 0.2) is 0 Å². The molecule has 0 amide bonds. The Bertz CT molecular complexity index is 2540. The molecular formula is C41H26FN3. The molecule has 0 fully saturated rings. The van der Waals surface area contributed by atoms with Gasteiger partial charge < -0.3 is 4.57 Å². The van der Waals surface area contributed by atoms with E-state index in [0.717, 1.165) is 77.4 Å². The predicted octanol–water partition coefficient (Wildman–Crippen LogP) is 10.7. The van der Waals surface area contributed by atoms with Gasteiger partial charge in [-0.15, -0.1) is 0 Å². The normalized spacial score (nSPS) is 11.7. The standard InChI is InChI=1S/C41H26FN3/c42-31-23-22-29-24-37(28-13-3-1-4-14-28)45-41(35(29)26-31)39(34-20-11-16-27-12-7-9-19-33(27)34)40(43-45)38-25-30-15-8-10-21-36(30)44(38)32-17-5-2-6-18-32/h1-26H. The fourth-order valence-electron chi connectivity index (χ4n) is 6.79. The van der Waals surface area contributed by atoms with Gasteiger partial charge in [0.25, 0.3) is 0 Å². The summed E-state index contributed by atoms with van der Waals surface area (Å²) >= 11 is 0. The molecule has 0 atom stereocenters. The largest absolute Gasteiger partial charge is 0.308 e. The molecule has 212 valence electrons. The summed E-state index contributed by atoms with van der Waals surface area (Å²) in [7, 11) is 0. The zero-order valence-electron chi connectivity index (χ0n) is 24.2. The smallest absolute Gasteiger partial charge is 0.123 e. The van der Waals surface area contributed by atoms with Crippen molar-refractivity contribution in [3.05, 3.63) is 164 Å². The first-order chi connectivity index (χ1) is 22.2. The molecule has 0 bridgehead atoms. The number of hydrogen-bond donors (Lipinski definition) is 0. The van der Waals surface area contributed by atoms with E-state index in [-0.39, 0.29) is 5.82 Å². The molecule has 0 aliphatic carbocycles. The molecule has 0 N–H and O–H groups in total. The average Bonchev–Trinajstić information content (AvgIpc) is 3.68. The molecule has 0 aliphatic heterocycles. The Balaban J connectivity index is 1.52. The Hall–Kier alpha value is -6.00. The van der Waals surface area contributed by atoms with E-state index in [9.17, 15) is 0 Å². The van der Waals surface area contributed by atoms with Crippen LogP contribution < -0.4 is 0 Å². The zero-order valence-corrected chi connectivity index (χ0v) is 24.2. The van der Waals surface area contributed by atoms with Crippen LogP contribution in [0.4, 0.5) is 4.39 Å². The quantitative estimate of drug-likeness (QED) is 0.203. The van der Waals surface area contributed by atoms with Gasteiger partial charge in [0, 0.05) is 27.6 Å². The third-order valence-electron chi connectivity index (χ3n) is 8.77. The Morgan fingerprint density at radius 2 is 1.20 bits per heavy atom. The first kappa shape index (κ1) is 25.5. The maximum Gasteiger partial charge on any atom is 0.123 e. The number of hydrogen-bond acceptors (Lipinski definition) is 1. The number of rotatable bonds is 4. The van der Waals surface area contributed by atoms with Gasteiger partial charge in [0.2, 0.25) is 0 Å². The van der Waals surface area contributed by atoms with Crippen molar-refractivity contribution in [3.63, 3.8) is 0 Å². The van der Waals surface area contributed by atoms with E-state index in [1.807, 2.05) is 34.8 Å². The Morgan fingerprint density at radius 3 is 2.04 bits per heavy atom. The fourth-order valence-corrected chi connectivity index (χ4v) is 6.79. The number of halogens is 1. The van der Waals surface area contributed by atoms with Crippen LogP contribution in [0.1, 0.15) is 0 Å². The number of nitrogens with zero attached hydrogens (tertiary/aromatic N) is 3. The lowest BCUT2D eigenvalue weighted by atomic mass is 9.94. The molecule has 45 heavy (non-hydrogen) atoms. The summed E-state index contributed by atoms with van der Waals surface area (Å²) in [5.41, 5.74) is 8.84. The second-order valence-electron chi connectivity index (χ2n) is 11.4. The molecule has 0 saturated heterocycles. The number of aromatic nitrogens is 3. The lowest BCUT2D eigenvalue weighted by molar-refractivity contribution is 0.630. The molecule has 0 saturated carbocycles. The summed E-state index contributed by atoms with van der Waals surface area (Å²) in [4.78, 5) is 0.